The van der Waals surface area contributed by atoms with E-state index >= 15 is 0 Å². The highest BCUT2D eigenvalue weighted by Gasteiger charge is 2.22. The average molecular weight is 502 g/mol. The quantitative estimate of drug-likeness (QED) is 0.355. The first-order chi connectivity index (χ1) is 18.0. The second-order valence-electron chi connectivity index (χ2n) is 8.75. The van der Waals surface area contributed by atoms with Gasteiger partial charge >= 0.3 is 0 Å². The van der Waals surface area contributed by atoms with Crippen LogP contribution in [0.3, 0.4) is 0 Å². The summed E-state index contributed by atoms with van der Waals surface area (Å²) in [4.78, 5) is 17.6. The van der Waals surface area contributed by atoms with Crippen molar-refractivity contribution >= 4 is 28.3 Å². The van der Waals surface area contributed by atoms with Crippen molar-refractivity contribution in [3.8, 4) is 23.2 Å². The highest BCUT2D eigenvalue weighted by atomic mass is 19.1. The van der Waals surface area contributed by atoms with E-state index in [-0.39, 0.29) is 11.8 Å². The maximum atomic E-state index is 14.7. The van der Waals surface area contributed by atoms with Crippen LogP contribution in [0.25, 0.3) is 28.1 Å². The Bertz CT molecular complexity index is 1670. The molecule has 0 unspecified atom stereocenters. The van der Waals surface area contributed by atoms with Gasteiger partial charge < -0.3 is 15.2 Å². The second kappa shape index (κ2) is 9.14. The lowest BCUT2D eigenvalue weighted by molar-refractivity contribution is 0.245. The van der Waals surface area contributed by atoms with E-state index in [9.17, 15) is 4.39 Å². The van der Waals surface area contributed by atoms with Crippen LogP contribution in [-0.4, -0.2) is 77.1 Å². The summed E-state index contributed by atoms with van der Waals surface area (Å²) in [5.74, 6) is 6.92. The maximum absolute atomic E-state index is 14.7. The fourth-order valence-electron chi connectivity index (χ4n) is 4.54. The SMILES string of the molecule is CC#Cc1nc2c3cnn(CCN4CCN(c5cc(-c6noc(C)n6)ccc5F)CC4)c3nc(N)n2n1. The summed E-state index contributed by atoms with van der Waals surface area (Å²) in [5.41, 5.74) is 8.64. The molecule has 0 atom stereocenters. The van der Waals surface area contributed by atoms with Crippen LogP contribution in [0.1, 0.15) is 18.6 Å². The Kier molecular flexibility index (Phi) is 5.65. The predicted molar refractivity (Wildman–Crippen MR) is 134 cm³/mol. The smallest absolute Gasteiger partial charge is 0.226 e. The monoisotopic (exact) mass is 501 g/mol. The van der Waals surface area contributed by atoms with E-state index in [1.165, 1.54) is 10.6 Å². The molecule has 6 rings (SSSR count). The molecule has 1 saturated heterocycles. The van der Waals surface area contributed by atoms with Crippen LogP contribution in [-0.2, 0) is 6.54 Å². The van der Waals surface area contributed by atoms with Gasteiger partial charge in [0, 0.05) is 45.2 Å². The van der Waals surface area contributed by atoms with Gasteiger partial charge in [0.2, 0.25) is 23.5 Å². The summed E-state index contributed by atoms with van der Waals surface area (Å²) in [6, 6.07) is 4.90. The normalized spacial score (nSPS) is 14.4. The summed E-state index contributed by atoms with van der Waals surface area (Å²) < 4.78 is 23.1. The Morgan fingerprint density at radius 2 is 1.92 bits per heavy atom. The number of piperazine rings is 1. The minimum atomic E-state index is -0.267. The van der Waals surface area contributed by atoms with E-state index in [0.717, 1.165) is 30.6 Å². The molecule has 0 saturated carbocycles. The zero-order valence-corrected chi connectivity index (χ0v) is 20.4. The Balaban J connectivity index is 1.13. The van der Waals surface area contributed by atoms with Gasteiger partial charge in [-0.15, -0.1) is 5.10 Å². The standard InChI is InChI=1S/C24H24FN11O/c1-3-4-20-29-23-17-14-27-35(22(17)30-24(26)36(23)31-20)12-9-33-7-10-34(11-8-33)19-13-16(5-6-18(19)25)21-28-15(2)37-32-21/h5-6,13-14H,7-12H2,1-2H3,(H2,26,30). The lowest BCUT2D eigenvalue weighted by atomic mass is 10.1. The lowest BCUT2D eigenvalue weighted by Crippen LogP contribution is -2.47. The predicted octanol–water partition coefficient (Wildman–Crippen LogP) is 1.75. The molecule has 0 amide bonds. The number of nitrogens with two attached hydrogens (primary N) is 1. The molecule has 0 radical (unpaired) electrons. The van der Waals surface area contributed by atoms with Crippen molar-refractivity contribution in [2.75, 3.05) is 43.4 Å². The number of fused-ring (bicyclic) bond motifs is 3. The molecule has 1 aliphatic rings. The summed E-state index contributed by atoms with van der Waals surface area (Å²) >= 11 is 0. The van der Waals surface area contributed by atoms with Crippen molar-refractivity contribution in [1.29, 1.82) is 0 Å². The zero-order valence-electron chi connectivity index (χ0n) is 20.4. The first-order valence-electron chi connectivity index (χ1n) is 11.9. The van der Waals surface area contributed by atoms with E-state index in [2.05, 4.69) is 47.0 Å². The Morgan fingerprint density at radius 3 is 2.68 bits per heavy atom. The van der Waals surface area contributed by atoms with Crippen LogP contribution in [0, 0.1) is 24.6 Å². The number of hydrogen-bond acceptors (Lipinski definition) is 10. The topological polar surface area (TPSA) is 132 Å². The van der Waals surface area contributed by atoms with E-state index < -0.39 is 0 Å². The summed E-state index contributed by atoms with van der Waals surface area (Å²) in [6.45, 7) is 7.80. The van der Waals surface area contributed by atoms with Crippen LogP contribution in [0.5, 0.6) is 0 Å². The second-order valence-corrected chi connectivity index (χ2v) is 8.75. The highest BCUT2D eigenvalue weighted by molar-refractivity contribution is 5.89. The van der Waals surface area contributed by atoms with E-state index in [1.54, 1.807) is 32.2 Å². The minimum absolute atomic E-state index is 0.231. The van der Waals surface area contributed by atoms with E-state index in [0.29, 0.717) is 54.2 Å². The van der Waals surface area contributed by atoms with Crippen molar-refractivity contribution < 1.29 is 8.91 Å². The van der Waals surface area contributed by atoms with E-state index in [1.807, 2.05) is 9.58 Å². The summed E-state index contributed by atoms with van der Waals surface area (Å²) in [5, 5.41) is 13.5. The number of halogens is 1. The molecule has 188 valence electrons. The molecule has 4 aromatic heterocycles. The third-order valence-corrected chi connectivity index (χ3v) is 6.41. The molecule has 0 bridgehead atoms. The third kappa shape index (κ3) is 4.21. The number of rotatable bonds is 5. The fourth-order valence-corrected chi connectivity index (χ4v) is 4.54. The van der Waals surface area contributed by atoms with Crippen LogP contribution >= 0.6 is 0 Å². The van der Waals surface area contributed by atoms with Crippen LogP contribution in [0.4, 0.5) is 16.0 Å². The van der Waals surface area contributed by atoms with Gasteiger partial charge in [-0.2, -0.15) is 24.6 Å². The number of aryl methyl sites for hydroxylation is 1. The van der Waals surface area contributed by atoms with Gasteiger partial charge in [0.05, 0.1) is 23.8 Å². The summed E-state index contributed by atoms with van der Waals surface area (Å²) in [6.07, 6.45) is 1.73. The summed E-state index contributed by atoms with van der Waals surface area (Å²) in [7, 11) is 0. The lowest BCUT2D eigenvalue weighted by Gasteiger charge is -2.36. The molecule has 1 aliphatic heterocycles. The molecular formula is C24H24FN11O. The molecule has 37 heavy (non-hydrogen) atoms. The van der Waals surface area contributed by atoms with Gasteiger partial charge in [-0.25, -0.2) is 9.07 Å². The first kappa shape index (κ1) is 22.9. The molecular weight excluding hydrogens is 477 g/mol. The molecule has 1 fully saturated rings. The van der Waals surface area contributed by atoms with Crippen LogP contribution in [0.15, 0.2) is 28.9 Å². The molecule has 5 aromatic rings. The largest absolute Gasteiger partial charge is 0.368 e. The van der Waals surface area contributed by atoms with Gasteiger partial charge in [0.25, 0.3) is 0 Å². The van der Waals surface area contributed by atoms with Crippen molar-refractivity contribution in [3.05, 3.63) is 41.9 Å². The molecule has 5 heterocycles. The highest BCUT2D eigenvalue weighted by Crippen LogP contribution is 2.27. The molecule has 12 nitrogen and oxygen atoms in total. The molecule has 0 aliphatic carbocycles. The number of hydrogen-bond donors (Lipinski definition) is 1. The maximum Gasteiger partial charge on any atom is 0.226 e. The van der Waals surface area contributed by atoms with Gasteiger partial charge in [-0.05, 0) is 31.0 Å². The van der Waals surface area contributed by atoms with Gasteiger partial charge in [0.15, 0.2) is 11.3 Å². The Hall–Kier alpha value is -4.57. The number of nitrogen functional groups attached to an aromatic ring is 1. The third-order valence-electron chi connectivity index (χ3n) is 6.41. The molecule has 2 N–H and O–H groups in total. The molecule has 0 spiro atoms. The number of nitrogens with zero attached hydrogens (tertiary/aromatic N) is 10. The van der Waals surface area contributed by atoms with Gasteiger partial charge in [-0.3, -0.25) is 4.90 Å². The molecule has 13 heteroatoms. The van der Waals surface area contributed by atoms with Gasteiger partial charge in [-0.1, -0.05) is 11.1 Å². The number of aromatic nitrogens is 8. The number of benzene rings is 1. The van der Waals surface area contributed by atoms with Crippen molar-refractivity contribution in [3.63, 3.8) is 0 Å². The Morgan fingerprint density at radius 1 is 1.08 bits per heavy atom. The van der Waals surface area contributed by atoms with Crippen molar-refractivity contribution in [2.24, 2.45) is 0 Å². The van der Waals surface area contributed by atoms with Gasteiger partial charge in [0.1, 0.15) is 5.82 Å². The Labute approximate surface area is 210 Å². The van der Waals surface area contributed by atoms with Crippen LogP contribution < -0.4 is 10.6 Å². The van der Waals surface area contributed by atoms with Crippen LogP contribution in [0.2, 0.25) is 0 Å². The first-order valence-corrected chi connectivity index (χ1v) is 11.9. The van der Waals surface area contributed by atoms with Crippen molar-refractivity contribution in [1.82, 2.24) is 44.4 Å². The number of anilines is 2. The zero-order chi connectivity index (χ0) is 25.5. The fraction of sp³-hybridized carbons (Fsp3) is 0.333. The van der Waals surface area contributed by atoms with Crippen molar-refractivity contribution in [2.45, 2.75) is 20.4 Å². The van der Waals surface area contributed by atoms with E-state index in [4.69, 9.17) is 10.3 Å². The average Bonchev–Trinajstić information content (AvgIpc) is 3.62. The minimum Gasteiger partial charge on any atom is -0.368 e. The molecule has 1 aromatic carbocycles.